The van der Waals surface area contributed by atoms with Gasteiger partial charge in [0, 0.05) is 10.7 Å². The fraction of sp³-hybridized carbons (Fsp3) is 0.462. The lowest BCUT2D eigenvalue weighted by Crippen LogP contribution is -2.34. The van der Waals surface area contributed by atoms with Gasteiger partial charge < -0.3 is 10.1 Å². The Kier molecular flexibility index (Phi) is 4.57. The number of ether oxygens (including phenoxy) is 1. The molecule has 1 N–H and O–H groups in total. The van der Waals surface area contributed by atoms with Crippen LogP contribution in [0.25, 0.3) is 0 Å². The molecule has 0 heterocycles. The minimum Gasteiger partial charge on any atom is -0.458 e. The van der Waals surface area contributed by atoms with Gasteiger partial charge in [-0.15, -0.1) is 0 Å². The highest BCUT2D eigenvalue weighted by Crippen LogP contribution is 2.19. The molecule has 0 radical (unpaired) electrons. The van der Waals surface area contributed by atoms with E-state index < -0.39 is 23.4 Å². The van der Waals surface area contributed by atoms with Gasteiger partial charge in [0.15, 0.2) is 0 Å². The van der Waals surface area contributed by atoms with E-state index in [1.165, 1.54) is 12.1 Å². The molecule has 1 aromatic carbocycles. The van der Waals surface area contributed by atoms with Crippen molar-refractivity contribution in [2.24, 2.45) is 0 Å². The van der Waals surface area contributed by atoms with Crippen molar-refractivity contribution in [3.8, 4) is 0 Å². The Labute approximate surface area is 111 Å². The van der Waals surface area contributed by atoms with Crippen molar-refractivity contribution in [3.63, 3.8) is 0 Å². The van der Waals surface area contributed by atoms with Crippen molar-refractivity contribution < 1.29 is 13.9 Å². The van der Waals surface area contributed by atoms with Crippen molar-refractivity contribution in [1.82, 2.24) is 0 Å². The molecule has 0 bridgehead atoms. The van der Waals surface area contributed by atoms with Gasteiger partial charge in [0.05, 0.1) is 0 Å². The topological polar surface area (TPSA) is 38.3 Å². The molecular formula is C13H17ClFNO2. The third-order valence-electron chi connectivity index (χ3n) is 2.01. The van der Waals surface area contributed by atoms with Gasteiger partial charge in [-0.05, 0) is 45.9 Å². The van der Waals surface area contributed by atoms with Crippen LogP contribution >= 0.6 is 11.6 Å². The van der Waals surface area contributed by atoms with Crippen molar-refractivity contribution in [2.75, 3.05) is 5.32 Å². The molecule has 0 aliphatic carbocycles. The van der Waals surface area contributed by atoms with Gasteiger partial charge in [-0.1, -0.05) is 11.6 Å². The Morgan fingerprint density at radius 2 is 2.00 bits per heavy atom. The van der Waals surface area contributed by atoms with E-state index in [2.05, 4.69) is 5.32 Å². The largest absolute Gasteiger partial charge is 0.458 e. The van der Waals surface area contributed by atoms with E-state index in [-0.39, 0.29) is 5.02 Å². The first kappa shape index (κ1) is 14.8. The highest BCUT2D eigenvalue weighted by molar-refractivity contribution is 6.30. The van der Waals surface area contributed by atoms with E-state index in [1.807, 2.05) is 0 Å². The standard InChI is InChI=1S/C13H17ClFNO2/c1-8(12(17)18-13(2,3)4)16-11-6-9(14)5-10(15)7-11/h5-8,16H,1-4H3. The van der Waals surface area contributed by atoms with Crippen LogP contribution in [0.15, 0.2) is 18.2 Å². The average Bonchev–Trinajstić information content (AvgIpc) is 2.12. The fourth-order valence-electron chi connectivity index (χ4n) is 1.34. The summed E-state index contributed by atoms with van der Waals surface area (Å²) in [6, 6.07) is 3.44. The predicted octanol–water partition coefficient (Wildman–Crippen LogP) is 3.62. The maximum Gasteiger partial charge on any atom is 0.328 e. The Bertz CT molecular complexity index is 423. The zero-order valence-corrected chi connectivity index (χ0v) is 11.6. The number of anilines is 1. The van der Waals surface area contributed by atoms with Crippen molar-refractivity contribution >= 4 is 23.3 Å². The van der Waals surface area contributed by atoms with Gasteiger partial charge in [0.2, 0.25) is 0 Å². The number of halogens is 2. The van der Waals surface area contributed by atoms with E-state index in [4.69, 9.17) is 16.3 Å². The van der Waals surface area contributed by atoms with Crippen molar-refractivity contribution in [3.05, 3.63) is 29.0 Å². The summed E-state index contributed by atoms with van der Waals surface area (Å²) in [6.07, 6.45) is 0. The molecule has 0 aliphatic heterocycles. The summed E-state index contributed by atoms with van der Waals surface area (Å²) < 4.78 is 18.3. The Hall–Kier alpha value is -1.29. The van der Waals surface area contributed by atoms with Crippen LogP contribution in [0.5, 0.6) is 0 Å². The van der Waals surface area contributed by atoms with E-state index in [9.17, 15) is 9.18 Å². The van der Waals surface area contributed by atoms with E-state index in [0.717, 1.165) is 0 Å². The molecule has 1 aromatic rings. The van der Waals surface area contributed by atoms with Crippen LogP contribution in [0.4, 0.5) is 10.1 Å². The van der Waals surface area contributed by atoms with Gasteiger partial charge in [-0.25, -0.2) is 9.18 Å². The highest BCUT2D eigenvalue weighted by atomic mass is 35.5. The number of hydrogen-bond donors (Lipinski definition) is 1. The van der Waals surface area contributed by atoms with E-state index >= 15 is 0 Å². The Balaban J connectivity index is 2.69. The molecule has 0 fully saturated rings. The summed E-state index contributed by atoms with van der Waals surface area (Å²) in [5.41, 5.74) is -0.106. The van der Waals surface area contributed by atoms with Crippen LogP contribution in [-0.2, 0) is 9.53 Å². The molecule has 0 spiro atoms. The third-order valence-corrected chi connectivity index (χ3v) is 2.22. The maximum absolute atomic E-state index is 13.1. The summed E-state index contributed by atoms with van der Waals surface area (Å²) in [6.45, 7) is 7.01. The number of benzene rings is 1. The number of carbonyl (C=O) groups is 1. The predicted molar refractivity (Wildman–Crippen MR) is 70.3 cm³/mol. The van der Waals surface area contributed by atoms with Crippen LogP contribution in [0.2, 0.25) is 5.02 Å². The van der Waals surface area contributed by atoms with Gasteiger partial charge in [0.1, 0.15) is 17.5 Å². The molecule has 0 saturated carbocycles. The van der Waals surface area contributed by atoms with Gasteiger partial charge >= 0.3 is 5.97 Å². The number of esters is 1. The first-order valence-corrected chi connectivity index (χ1v) is 6.01. The molecule has 0 amide bonds. The second-order valence-electron chi connectivity index (χ2n) is 5.06. The zero-order valence-electron chi connectivity index (χ0n) is 10.9. The van der Waals surface area contributed by atoms with E-state index in [1.54, 1.807) is 33.8 Å². The Morgan fingerprint density at radius 1 is 1.39 bits per heavy atom. The monoisotopic (exact) mass is 273 g/mol. The summed E-state index contributed by atoms with van der Waals surface area (Å²) in [5, 5.41) is 3.12. The second-order valence-corrected chi connectivity index (χ2v) is 5.49. The van der Waals surface area contributed by atoms with Gasteiger partial charge in [0.25, 0.3) is 0 Å². The number of hydrogen-bond acceptors (Lipinski definition) is 3. The number of carbonyl (C=O) groups excluding carboxylic acids is 1. The number of rotatable bonds is 3. The number of nitrogens with one attached hydrogen (secondary N) is 1. The molecule has 1 rings (SSSR count). The van der Waals surface area contributed by atoms with Crippen molar-refractivity contribution in [1.29, 1.82) is 0 Å². The van der Waals surface area contributed by atoms with Crippen LogP contribution < -0.4 is 5.32 Å². The normalized spacial score (nSPS) is 13.0. The van der Waals surface area contributed by atoms with Gasteiger partial charge in [-0.2, -0.15) is 0 Å². The summed E-state index contributed by atoms with van der Waals surface area (Å²) in [7, 11) is 0. The minimum atomic E-state index is -0.581. The molecule has 3 nitrogen and oxygen atoms in total. The third kappa shape index (κ3) is 4.92. The molecule has 18 heavy (non-hydrogen) atoms. The first-order valence-electron chi connectivity index (χ1n) is 5.63. The fourth-order valence-corrected chi connectivity index (χ4v) is 1.56. The molecule has 0 aliphatic rings. The molecule has 5 heteroatoms. The molecule has 1 unspecified atom stereocenters. The lowest BCUT2D eigenvalue weighted by atomic mass is 10.2. The molecule has 1 atom stereocenters. The van der Waals surface area contributed by atoms with E-state index in [0.29, 0.717) is 5.69 Å². The molecule has 0 saturated heterocycles. The quantitative estimate of drug-likeness (QED) is 0.855. The molecular weight excluding hydrogens is 257 g/mol. The molecule has 0 aromatic heterocycles. The van der Waals surface area contributed by atoms with Crippen LogP contribution in [0.1, 0.15) is 27.7 Å². The van der Waals surface area contributed by atoms with Gasteiger partial charge in [-0.3, -0.25) is 0 Å². The summed E-state index contributed by atoms with van der Waals surface area (Å²) >= 11 is 5.72. The van der Waals surface area contributed by atoms with Crippen LogP contribution in [-0.4, -0.2) is 17.6 Å². The maximum atomic E-state index is 13.1. The average molecular weight is 274 g/mol. The second kappa shape index (κ2) is 5.57. The minimum absolute atomic E-state index is 0.272. The van der Waals surface area contributed by atoms with Crippen LogP contribution in [0.3, 0.4) is 0 Å². The highest BCUT2D eigenvalue weighted by Gasteiger charge is 2.21. The summed E-state index contributed by atoms with van der Waals surface area (Å²) in [4.78, 5) is 11.7. The first-order chi connectivity index (χ1) is 8.17. The Morgan fingerprint density at radius 3 is 2.50 bits per heavy atom. The lowest BCUT2D eigenvalue weighted by Gasteiger charge is -2.23. The molecule has 100 valence electrons. The van der Waals surface area contributed by atoms with Crippen LogP contribution in [0, 0.1) is 5.82 Å². The smallest absolute Gasteiger partial charge is 0.328 e. The SMILES string of the molecule is CC(Nc1cc(F)cc(Cl)c1)C(=O)OC(C)(C)C. The summed E-state index contributed by atoms with van der Waals surface area (Å²) in [5.74, 6) is -0.857. The zero-order chi connectivity index (χ0) is 13.9. The van der Waals surface area contributed by atoms with Crippen molar-refractivity contribution in [2.45, 2.75) is 39.3 Å². The lowest BCUT2D eigenvalue weighted by molar-refractivity contribution is -0.155.